The van der Waals surface area contributed by atoms with Crippen molar-refractivity contribution in [3.05, 3.63) is 0 Å². The molecule has 0 aromatic carbocycles. The molecule has 0 rings (SSSR count). The molecule has 2 nitrogen and oxygen atoms in total. The predicted octanol–water partition coefficient (Wildman–Crippen LogP) is -1.73. The first-order valence-corrected chi connectivity index (χ1v) is 5.32. The summed E-state index contributed by atoms with van der Waals surface area (Å²) in [6.45, 7) is 0. The first-order chi connectivity index (χ1) is 3.85. The van der Waals surface area contributed by atoms with E-state index < -0.39 is 9.76 Å². The van der Waals surface area contributed by atoms with Gasteiger partial charge in [-0.05, 0) is 0 Å². The fourth-order valence-electron chi connectivity index (χ4n) is 0.381. The Morgan fingerprint density at radius 2 is 2.50 bits per heavy atom. The third-order valence-corrected chi connectivity index (χ3v) is 4.11. The van der Waals surface area contributed by atoms with Gasteiger partial charge < -0.3 is 8.85 Å². The minimum Gasteiger partial charge on any atom is -0.466 e. The van der Waals surface area contributed by atoms with E-state index in [1.807, 2.05) is 0 Å². The van der Waals surface area contributed by atoms with E-state index in [4.69, 9.17) is 8.85 Å². The molecular formula is C3H12O2SSi2. The summed E-state index contributed by atoms with van der Waals surface area (Å²) in [5, 5.41) is 0. The maximum absolute atomic E-state index is 5.09. The van der Waals surface area contributed by atoms with Crippen LogP contribution in [0.15, 0.2) is 0 Å². The lowest BCUT2D eigenvalue weighted by molar-refractivity contribution is 0.174. The van der Waals surface area contributed by atoms with Crippen LogP contribution < -0.4 is 0 Å². The van der Waals surface area contributed by atoms with E-state index in [1.54, 1.807) is 7.11 Å². The van der Waals surface area contributed by atoms with Crippen molar-refractivity contribution in [2.45, 2.75) is 5.73 Å². The molecule has 0 heterocycles. The first-order valence-electron chi connectivity index (χ1n) is 2.47. The average Bonchev–Trinajstić information content (AvgIpc) is 1.83. The lowest BCUT2D eigenvalue weighted by atomic mass is 10.8. The van der Waals surface area contributed by atoms with Gasteiger partial charge in [-0.2, -0.15) is 12.6 Å². The van der Waals surface area contributed by atoms with Crippen LogP contribution in [-0.2, 0) is 8.85 Å². The molecule has 50 valence electrons. The summed E-state index contributed by atoms with van der Waals surface area (Å²) in [5.74, 6) is 0.797. The second-order valence-corrected chi connectivity index (χ2v) is 5.41. The van der Waals surface area contributed by atoms with E-state index in [0.717, 1.165) is 16.2 Å². The molecule has 1 unspecified atom stereocenters. The van der Waals surface area contributed by atoms with E-state index in [9.17, 15) is 0 Å². The highest BCUT2D eigenvalue weighted by Crippen LogP contribution is 1.89. The van der Waals surface area contributed by atoms with Crippen LogP contribution in [-0.4, -0.2) is 38.8 Å². The largest absolute Gasteiger partial charge is 0.466 e. The zero-order chi connectivity index (χ0) is 6.41. The van der Waals surface area contributed by atoms with E-state index in [-0.39, 0.29) is 0 Å². The second kappa shape index (κ2) is 5.83. The molecule has 0 spiro atoms. The lowest BCUT2D eigenvalue weighted by Crippen LogP contribution is -2.22. The van der Waals surface area contributed by atoms with Crippen molar-refractivity contribution in [1.82, 2.24) is 0 Å². The molecule has 0 saturated heterocycles. The molecule has 0 aliphatic carbocycles. The molecule has 0 bridgehead atoms. The van der Waals surface area contributed by atoms with Gasteiger partial charge in [-0.3, -0.25) is 0 Å². The summed E-state index contributed by atoms with van der Waals surface area (Å²) in [6.07, 6.45) is 0. The first kappa shape index (κ1) is 8.70. The number of rotatable bonds is 4. The molecule has 0 saturated carbocycles. The summed E-state index contributed by atoms with van der Waals surface area (Å²) in [5.41, 5.74) is 0.316. The molecule has 0 aromatic rings. The predicted molar refractivity (Wildman–Crippen MR) is 44.2 cm³/mol. The van der Waals surface area contributed by atoms with Crippen LogP contribution in [0, 0.1) is 0 Å². The maximum Gasteiger partial charge on any atom is 0.176 e. The van der Waals surface area contributed by atoms with Crippen molar-refractivity contribution in [3.8, 4) is 0 Å². The van der Waals surface area contributed by atoms with Crippen molar-refractivity contribution < 1.29 is 8.85 Å². The Balaban J connectivity index is 3.07. The van der Waals surface area contributed by atoms with Crippen molar-refractivity contribution >= 4 is 32.9 Å². The average molecular weight is 168 g/mol. The van der Waals surface area contributed by atoms with Crippen LogP contribution in [0.1, 0.15) is 0 Å². The molecule has 0 N–H and O–H groups in total. The molecule has 0 radical (unpaired) electrons. The van der Waals surface area contributed by atoms with Gasteiger partial charge in [0, 0.05) is 12.9 Å². The molecule has 0 aromatic heterocycles. The minimum absolute atomic E-state index is 0.316. The highest BCUT2D eigenvalue weighted by molar-refractivity contribution is 7.80. The van der Waals surface area contributed by atoms with Gasteiger partial charge in [0.15, 0.2) is 9.76 Å². The highest BCUT2D eigenvalue weighted by atomic mass is 32.1. The van der Waals surface area contributed by atoms with Gasteiger partial charge in [-0.25, -0.2) is 0 Å². The van der Waals surface area contributed by atoms with Crippen molar-refractivity contribution in [1.29, 1.82) is 0 Å². The Hall–Kier alpha value is 0.704. The molecule has 0 fully saturated rings. The van der Waals surface area contributed by atoms with Gasteiger partial charge in [-0.15, -0.1) is 0 Å². The number of hydrogen-bond donors (Lipinski definition) is 1. The van der Waals surface area contributed by atoms with Crippen LogP contribution in [0.3, 0.4) is 0 Å². The van der Waals surface area contributed by atoms with Crippen molar-refractivity contribution in [2.75, 3.05) is 12.9 Å². The maximum atomic E-state index is 5.09. The molecular weight excluding hydrogens is 156 g/mol. The number of methoxy groups -OCH3 is 1. The number of hydrogen-bond acceptors (Lipinski definition) is 3. The van der Waals surface area contributed by atoms with Gasteiger partial charge >= 0.3 is 0 Å². The molecule has 0 aliphatic rings. The summed E-state index contributed by atoms with van der Waals surface area (Å²) < 4.78 is 10.1. The molecule has 0 amide bonds. The summed E-state index contributed by atoms with van der Waals surface area (Å²) in [7, 11) is 2.15. The van der Waals surface area contributed by atoms with Crippen LogP contribution in [0.2, 0.25) is 0 Å². The zero-order valence-electron chi connectivity index (χ0n) is 5.26. The molecule has 1 atom stereocenters. The van der Waals surface area contributed by atoms with Gasteiger partial charge in [0.1, 0.15) is 10.5 Å². The Morgan fingerprint density at radius 1 is 1.88 bits per heavy atom. The monoisotopic (exact) mass is 168 g/mol. The van der Waals surface area contributed by atoms with E-state index >= 15 is 0 Å². The van der Waals surface area contributed by atoms with Crippen LogP contribution in [0.25, 0.3) is 0 Å². The zero-order valence-corrected chi connectivity index (χ0v) is 9.56. The topological polar surface area (TPSA) is 18.5 Å². The third-order valence-electron chi connectivity index (χ3n) is 0.890. The number of thiol groups is 1. The SMILES string of the molecule is COC(CS)[SiH2]O[SiH3]. The Bertz CT molecular complexity index is 50.5. The lowest BCUT2D eigenvalue weighted by Gasteiger charge is -2.08. The van der Waals surface area contributed by atoms with Crippen LogP contribution in [0.5, 0.6) is 0 Å². The third kappa shape index (κ3) is 3.67. The molecule has 8 heavy (non-hydrogen) atoms. The Morgan fingerprint density at radius 3 is 2.62 bits per heavy atom. The van der Waals surface area contributed by atoms with Gasteiger partial charge in [0.05, 0.1) is 5.73 Å². The second-order valence-electron chi connectivity index (χ2n) is 1.50. The van der Waals surface area contributed by atoms with Gasteiger partial charge in [0.25, 0.3) is 0 Å². The van der Waals surface area contributed by atoms with Crippen LogP contribution >= 0.6 is 12.6 Å². The van der Waals surface area contributed by atoms with Crippen molar-refractivity contribution in [2.24, 2.45) is 0 Å². The fourth-order valence-corrected chi connectivity index (χ4v) is 2.58. The smallest absolute Gasteiger partial charge is 0.176 e. The summed E-state index contributed by atoms with van der Waals surface area (Å²) in [4.78, 5) is 0. The Labute approximate surface area is 60.8 Å². The fraction of sp³-hybridized carbons (Fsp3) is 1.00. The van der Waals surface area contributed by atoms with E-state index in [1.165, 1.54) is 0 Å². The molecule has 5 heteroatoms. The molecule has 0 aliphatic heterocycles. The Kier molecular flexibility index (Phi) is 6.35. The standard InChI is InChI=1S/C3H12O2SSi2/c1-4-3(2-6)8-5-7/h3,6H,2,8H2,1,7H3. The number of ether oxygens (including phenoxy) is 1. The van der Waals surface area contributed by atoms with E-state index in [2.05, 4.69) is 12.6 Å². The normalized spacial score (nSPS) is 15.8. The summed E-state index contributed by atoms with van der Waals surface area (Å²) in [6, 6.07) is 0. The van der Waals surface area contributed by atoms with Crippen molar-refractivity contribution in [3.63, 3.8) is 0 Å². The highest BCUT2D eigenvalue weighted by Gasteiger charge is 2.02. The van der Waals surface area contributed by atoms with Gasteiger partial charge in [-0.1, -0.05) is 0 Å². The van der Waals surface area contributed by atoms with Gasteiger partial charge in [0.2, 0.25) is 0 Å². The summed E-state index contributed by atoms with van der Waals surface area (Å²) >= 11 is 4.07. The van der Waals surface area contributed by atoms with Crippen LogP contribution in [0.4, 0.5) is 0 Å². The minimum atomic E-state index is -0.401. The van der Waals surface area contributed by atoms with E-state index in [0.29, 0.717) is 5.73 Å². The quantitative estimate of drug-likeness (QED) is 0.397.